The topological polar surface area (TPSA) is 97.2 Å². The molecule has 0 aliphatic rings. The van der Waals surface area contributed by atoms with Crippen LogP contribution in [0, 0.1) is 3.57 Å². The van der Waals surface area contributed by atoms with E-state index in [4.69, 9.17) is 9.84 Å². The normalized spacial score (nSPS) is 12.6. The van der Waals surface area contributed by atoms with E-state index in [-0.39, 0.29) is 12.6 Å². The Bertz CT molecular complexity index is 927. The zero-order chi connectivity index (χ0) is 20.7. The van der Waals surface area contributed by atoms with Crippen molar-refractivity contribution < 1.29 is 25.5 Å². The van der Waals surface area contributed by atoms with E-state index < -0.39 is 11.9 Å². The van der Waals surface area contributed by atoms with Crippen LogP contribution in [0.3, 0.4) is 0 Å². The van der Waals surface area contributed by atoms with Crippen molar-refractivity contribution in [2.75, 3.05) is 13.7 Å². The Morgan fingerprint density at radius 3 is 2.21 bits per heavy atom. The van der Waals surface area contributed by atoms with Crippen LogP contribution >= 0.6 is 22.6 Å². The van der Waals surface area contributed by atoms with E-state index in [1.165, 1.54) is 3.57 Å². The summed E-state index contributed by atoms with van der Waals surface area (Å²) in [5, 5.41) is 21.6. The summed E-state index contributed by atoms with van der Waals surface area (Å²) in [6.07, 6.45) is 0. The summed E-state index contributed by atoms with van der Waals surface area (Å²) < 4.78 is 6.34. The summed E-state index contributed by atoms with van der Waals surface area (Å²) in [6.45, 7) is 1.74. The molecule has 0 fully saturated rings. The number of methoxy groups -OCH3 is 1. The molecule has 3 rings (SSSR count). The number of aliphatic hydroxyl groups excluding tert-OH is 1. The summed E-state index contributed by atoms with van der Waals surface area (Å²) in [6, 6.07) is 19.3. The zero-order valence-corrected chi connectivity index (χ0v) is 18.0. The molecule has 0 bridgehead atoms. The maximum absolute atomic E-state index is 10.8. The van der Waals surface area contributed by atoms with Crippen molar-refractivity contribution in [2.24, 2.45) is 0 Å². The van der Waals surface area contributed by atoms with E-state index in [0.29, 0.717) is 0 Å². The third-order valence-corrected chi connectivity index (χ3v) is 5.21. The molecule has 2 atom stereocenters. The number of aliphatic hydroxyl groups is 1. The average molecular weight is 493 g/mol. The number of halogens is 1. The number of carboxylic acid groups (broad SMARTS) is 1. The van der Waals surface area contributed by atoms with Crippen molar-refractivity contribution in [3.8, 4) is 5.75 Å². The van der Waals surface area contributed by atoms with E-state index in [1.54, 1.807) is 14.0 Å². The number of carboxylic acids is 1. The highest BCUT2D eigenvalue weighted by molar-refractivity contribution is 14.1. The molecule has 0 saturated heterocycles. The van der Waals surface area contributed by atoms with Gasteiger partial charge in [-0.25, -0.2) is 0 Å². The van der Waals surface area contributed by atoms with E-state index in [2.05, 4.69) is 28.3 Å². The third-order valence-electron chi connectivity index (χ3n) is 4.49. The van der Waals surface area contributed by atoms with Crippen molar-refractivity contribution in [3.05, 3.63) is 75.4 Å². The van der Waals surface area contributed by atoms with Crippen LogP contribution in [0.1, 0.15) is 30.0 Å². The van der Waals surface area contributed by atoms with Crippen molar-refractivity contribution in [2.45, 2.75) is 18.9 Å². The van der Waals surface area contributed by atoms with Gasteiger partial charge in [-0.2, -0.15) is 0 Å². The number of aliphatic carboxylic acids is 1. The molecular formula is C22H24INO4. The highest BCUT2D eigenvalue weighted by atomic mass is 127. The van der Waals surface area contributed by atoms with Gasteiger partial charge >= 0.3 is 0 Å². The Labute approximate surface area is 178 Å². The maximum Gasteiger partial charge on any atom is 0.133 e. The molecule has 6 heteroatoms. The van der Waals surface area contributed by atoms with Gasteiger partial charge in [-0.15, -0.1) is 0 Å². The van der Waals surface area contributed by atoms with E-state index in [1.807, 2.05) is 60.7 Å². The first kappa shape index (κ1) is 22.1. The molecular weight excluding hydrogens is 469 g/mol. The van der Waals surface area contributed by atoms with Gasteiger partial charge in [0.2, 0.25) is 0 Å². The van der Waals surface area contributed by atoms with Crippen molar-refractivity contribution in [3.63, 3.8) is 0 Å². The molecule has 3 aromatic carbocycles. The van der Waals surface area contributed by atoms with Gasteiger partial charge in [0.25, 0.3) is 0 Å². The van der Waals surface area contributed by atoms with Crippen molar-refractivity contribution in [1.82, 2.24) is 0 Å². The van der Waals surface area contributed by atoms with Gasteiger partial charge in [0.15, 0.2) is 0 Å². The van der Waals surface area contributed by atoms with Gasteiger partial charge in [-0.05, 0) is 63.2 Å². The fourth-order valence-corrected chi connectivity index (χ4v) is 2.97. The molecule has 0 aliphatic carbocycles. The minimum Gasteiger partial charge on any atom is -0.550 e. The van der Waals surface area contributed by atoms with Crippen LogP contribution in [-0.4, -0.2) is 24.8 Å². The summed E-state index contributed by atoms with van der Waals surface area (Å²) in [5.41, 5.74) is 5.65. The number of hydrogen-bond donors (Lipinski definition) is 2. The summed E-state index contributed by atoms with van der Waals surface area (Å²) in [7, 11) is 1.62. The fourth-order valence-electron chi connectivity index (χ4n) is 2.62. The van der Waals surface area contributed by atoms with Gasteiger partial charge in [0.1, 0.15) is 11.8 Å². The van der Waals surface area contributed by atoms with Gasteiger partial charge in [0, 0.05) is 21.0 Å². The molecule has 28 heavy (non-hydrogen) atoms. The molecule has 4 N–H and O–H groups in total. The first-order valence-corrected chi connectivity index (χ1v) is 9.91. The van der Waals surface area contributed by atoms with Crippen LogP contribution in [0.2, 0.25) is 0 Å². The lowest BCUT2D eigenvalue weighted by Crippen LogP contribution is -2.55. The number of carbonyl (C=O) groups is 1. The van der Waals surface area contributed by atoms with Gasteiger partial charge in [0.05, 0.1) is 13.7 Å². The predicted octanol–water partition coefficient (Wildman–Crippen LogP) is 2.27. The first-order chi connectivity index (χ1) is 13.3. The smallest absolute Gasteiger partial charge is 0.133 e. The number of rotatable bonds is 5. The third kappa shape index (κ3) is 5.92. The lowest BCUT2D eigenvalue weighted by molar-refractivity contribution is -0.432. The van der Waals surface area contributed by atoms with Gasteiger partial charge < -0.3 is 25.5 Å². The molecule has 1 unspecified atom stereocenters. The number of quaternary nitrogens is 1. The summed E-state index contributed by atoms with van der Waals surface area (Å²) in [5.74, 6) is -0.863. The highest BCUT2D eigenvalue weighted by Crippen LogP contribution is 2.24. The number of benzene rings is 3. The van der Waals surface area contributed by atoms with Crippen LogP contribution in [0.4, 0.5) is 0 Å². The maximum atomic E-state index is 10.8. The Morgan fingerprint density at radius 2 is 1.64 bits per heavy atom. The Kier molecular flexibility index (Phi) is 8.22. The Hall–Kier alpha value is -2.16. The minimum absolute atomic E-state index is 0.00648. The van der Waals surface area contributed by atoms with Gasteiger partial charge in [-0.1, -0.05) is 43.3 Å². The molecule has 148 valence electrons. The average Bonchev–Trinajstić information content (AvgIpc) is 2.72. The number of carbonyl (C=O) groups excluding carboxylic acids is 1. The van der Waals surface area contributed by atoms with Crippen LogP contribution in [0.25, 0.3) is 10.8 Å². The molecule has 0 radical (unpaired) electrons. The van der Waals surface area contributed by atoms with Crippen molar-refractivity contribution >= 4 is 39.3 Å². The summed E-state index contributed by atoms with van der Waals surface area (Å²) >= 11 is 2.25. The second kappa shape index (κ2) is 10.4. The number of hydrogen-bond acceptors (Lipinski definition) is 4. The van der Waals surface area contributed by atoms with Crippen LogP contribution in [0.5, 0.6) is 5.75 Å². The van der Waals surface area contributed by atoms with E-state index >= 15 is 0 Å². The van der Waals surface area contributed by atoms with Crippen molar-refractivity contribution in [1.29, 1.82) is 0 Å². The molecule has 0 heterocycles. The van der Waals surface area contributed by atoms with Crippen LogP contribution in [0.15, 0.2) is 60.7 Å². The van der Waals surface area contributed by atoms with Gasteiger partial charge in [-0.3, -0.25) is 0 Å². The lowest BCUT2D eigenvalue weighted by atomic mass is 9.98. The monoisotopic (exact) mass is 493 g/mol. The Balaban J connectivity index is 0.000000221. The molecule has 0 spiro atoms. The molecule has 3 aromatic rings. The quantitative estimate of drug-likeness (QED) is 0.533. The SMILES string of the molecule is COc1ccc2cc([C@@H](C)C(=O)[O-])ccc2c1.[NH3+]C(CO)c1ccc(I)cc1. The van der Waals surface area contributed by atoms with Crippen LogP contribution < -0.4 is 15.6 Å². The molecule has 0 saturated carbocycles. The largest absolute Gasteiger partial charge is 0.550 e. The van der Waals surface area contributed by atoms with E-state index in [9.17, 15) is 9.90 Å². The Morgan fingerprint density at radius 1 is 1.07 bits per heavy atom. The molecule has 0 aliphatic heterocycles. The van der Waals surface area contributed by atoms with E-state index in [0.717, 1.165) is 27.6 Å². The second-order valence-corrected chi connectivity index (χ2v) is 7.69. The number of fused-ring (bicyclic) bond motifs is 1. The molecule has 0 aromatic heterocycles. The molecule has 0 amide bonds. The minimum atomic E-state index is -1.06. The first-order valence-electron chi connectivity index (χ1n) is 8.83. The lowest BCUT2D eigenvalue weighted by Gasteiger charge is -2.13. The molecule has 5 nitrogen and oxygen atoms in total. The summed E-state index contributed by atoms with van der Waals surface area (Å²) in [4.78, 5) is 10.8. The fraction of sp³-hybridized carbons (Fsp3) is 0.227. The predicted molar refractivity (Wildman–Crippen MR) is 116 cm³/mol. The number of ether oxygens (including phenoxy) is 1. The zero-order valence-electron chi connectivity index (χ0n) is 15.9. The second-order valence-electron chi connectivity index (χ2n) is 6.44. The standard InChI is InChI=1S/C14H14O3.C8H10INO/c1-9(14(15)16)10-3-4-12-8-13(17-2)6-5-11(12)7-10;9-7-3-1-6(2-4-7)8(10)5-11/h3-9H,1-2H3,(H,15,16);1-4,8,11H,5,10H2/t9-;/m1./s1. The van der Waals surface area contributed by atoms with Crippen LogP contribution in [-0.2, 0) is 4.79 Å². The highest BCUT2D eigenvalue weighted by Gasteiger charge is 2.07.